The van der Waals surface area contributed by atoms with Gasteiger partial charge in [0.2, 0.25) is 0 Å². The van der Waals surface area contributed by atoms with E-state index in [4.69, 9.17) is 0 Å². The molecule has 0 heterocycles. The summed E-state index contributed by atoms with van der Waals surface area (Å²) in [7, 11) is -1.18. The van der Waals surface area contributed by atoms with E-state index in [9.17, 15) is 0 Å². The van der Waals surface area contributed by atoms with Crippen molar-refractivity contribution in [2.24, 2.45) is 0 Å². The molecule has 1 aromatic rings. The van der Waals surface area contributed by atoms with Crippen molar-refractivity contribution in [2.45, 2.75) is 114 Å². The van der Waals surface area contributed by atoms with Crippen molar-refractivity contribution in [1.29, 1.82) is 0 Å². The molecule has 0 spiro atoms. The summed E-state index contributed by atoms with van der Waals surface area (Å²) in [5.74, 6) is 0. The molecule has 27 heavy (non-hydrogen) atoms. The van der Waals surface area contributed by atoms with Crippen LogP contribution in [0.3, 0.4) is 0 Å². The Morgan fingerprint density at radius 2 is 1.26 bits per heavy atom. The van der Waals surface area contributed by atoms with E-state index in [-0.39, 0.29) is 0 Å². The number of benzene rings is 1. The molecule has 0 aliphatic heterocycles. The zero-order valence-corrected chi connectivity index (χ0v) is 23.3. The molecule has 1 saturated carbocycles. The van der Waals surface area contributed by atoms with E-state index in [0.717, 1.165) is 9.48 Å². The molecule has 1 aliphatic carbocycles. The second-order valence-electron chi connectivity index (χ2n) is 10.6. The van der Waals surface area contributed by atoms with Crippen molar-refractivity contribution in [2.75, 3.05) is 0 Å². The molecule has 0 aromatic heterocycles. The Kier molecular flexibility index (Phi) is 8.56. The van der Waals surface area contributed by atoms with Crippen LogP contribution < -0.4 is 0 Å². The summed E-state index contributed by atoms with van der Waals surface area (Å²) in [6.45, 7) is 17.9. The Hall–Kier alpha value is 0.236. The van der Waals surface area contributed by atoms with Crippen LogP contribution in [0.15, 0.2) is 30.3 Å². The van der Waals surface area contributed by atoms with Gasteiger partial charge in [-0.25, -0.2) is 0 Å². The van der Waals surface area contributed by atoms with Gasteiger partial charge in [-0.2, -0.15) is 0 Å². The van der Waals surface area contributed by atoms with Gasteiger partial charge < -0.3 is 0 Å². The molecule has 0 amide bonds. The van der Waals surface area contributed by atoms with Crippen LogP contribution in [0.4, 0.5) is 0 Å². The van der Waals surface area contributed by atoms with E-state index in [1.165, 1.54) is 38.5 Å². The SMILES string of the molecule is CCC[CH2][Sn]([CH2]CCC)([CH2]CCC)[C@H]1[C@@H]([Si](C)(C)C)[C@]1(C)c1ccccc1. The molecule has 0 saturated heterocycles. The van der Waals surface area contributed by atoms with Crippen molar-refractivity contribution < 1.29 is 0 Å². The van der Waals surface area contributed by atoms with Gasteiger partial charge in [0, 0.05) is 0 Å². The maximum absolute atomic E-state index is 2.69. The van der Waals surface area contributed by atoms with Gasteiger partial charge in [0.05, 0.1) is 0 Å². The van der Waals surface area contributed by atoms with Crippen LogP contribution in [0.5, 0.6) is 0 Å². The fourth-order valence-electron chi connectivity index (χ4n) is 6.49. The van der Waals surface area contributed by atoms with Crippen LogP contribution in [0, 0.1) is 0 Å². The monoisotopic (exact) mass is 494 g/mol. The zero-order chi connectivity index (χ0) is 20.1. The average Bonchev–Trinajstić information content (AvgIpc) is 3.31. The van der Waals surface area contributed by atoms with Crippen molar-refractivity contribution in [1.82, 2.24) is 0 Å². The minimum absolute atomic E-state index is 0.497. The summed E-state index contributed by atoms with van der Waals surface area (Å²) in [6.07, 6.45) is 8.69. The number of unbranched alkanes of at least 4 members (excludes halogenated alkanes) is 3. The number of rotatable bonds is 12. The molecule has 1 aliphatic rings. The van der Waals surface area contributed by atoms with E-state index in [1.54, 1.807) is 18.9 Å². The van der Waals surface area contributed by atoms with Crippen LogP contribution in [0.2, 0.25) is 42.4 Å². The Labute approximate surface area is 175 Å². The average molecular weight is 493 g/mol. The summed E-state index contributed by atoms with van der Waals surface area (Å²) in [6, 6.07) is 11.7. The van der Waals surface area contributed by atoms with E-state index in [2.05, 4.69) is 77.7 Å². The molecule has 2 rings (SSSR count). The summed E-state index contributed by atoms with van der Waals surface area (Å²) in [5.41, 5.74) is 3.19. The molecule has 0 radical (unpaired) electrons. The van der Waals surface area contributed by atoms with E-state index < -0.39 is 26.5 Å². The Morgan fingerprint density at radius 1 is 0.815 bits per heavy atom. The molecule has 2 heteroatoms. The first kappa shape index (κ1) is 23.5. The van der Waals surface area contributed by atoms with Crippen molar-refractivity contribution in [3.63, 3.8) is 0 Å². The van der Waals surface area contributed by atoms with Gasteiger partial charge in [0.1, 0.15) is 0 Å². The third-order valence-corrected chi connectivity index (χ3v) is 29.3. The minimum atomic E-state index is -2.23. The van der Waals surface area contributed by atoms with Gasteiger partial charge in [-0.1, -0.05) is 0 Å². The van der Waals surface area contributed by atoms with Crippen LogP contribution in [0.25, 0.3) is 0 Å². The first-order valence-electron chi connectivity index (χ1n) is 11.8. The second-order valence-corrected chi connectivity index (χ2v) is 29.8. The van der Waals surface area contributed by atoms with Crippen LogP contribution >= 0.6 is 0 Å². The molecular formula is C25H46SiSn. The van der Waals surface area contributed by atoms with Gasteiger partial charge >= 0.3 is 176 Å². The Bertz CT molecular complexity index is 540. The topological polar surface area (TPSA) is 0 Å². The fourth-order valence-corrected chi connectivity index (χ4v) is 38.2. The first-order valence-corrected chi connectivity index (χ1v) is 23.1. The first-order chi connectivity index (χ1) is 12.8. The van der Waals surface area contributed by atoms with E-state index in [0.29, 0.717) is 5.41 Å². The fraction of sp³-hybridized carbons (Fsp3) is 0.760. The molecule has 0 bridgehead atoms. The van der Waals surface area contributed by atoms with Crippen LogP contribution in [0.1, 0.15) is 71.8 Å². The van der Waals surface area contributed by atoms with Gasteiger partial charge in [-0.3, -0.25) is 0 Å². The van der Waals surface area contributed by atoms with Crippen molar-refractivity contribution in [3.8, 4) is 0 Å². The third-order valence-electron chi connectivity index (χ3n) is 7.59. The van der Waals surface area contributed by atoms with Gasteiger partial charge in [0.25, 0.3) is 0 Å². The number of hydrogen-bond acceptors (Lipinski definition) is 0. The normalized spacial score (nSPS) is 25.6. The third kappa shape index (κ3) is 5.05. The molecule has 0 unspecified atom stereocenters. The molecule has 0 nitrogen and oxygen atoms in total. The molecule has 3 atom stereocenters. The molecule has 154 valence electrons. The molecule has 1 aromatic carbocycles. The standard InChI is InChI=1S/C13H19Si.3C4H9.Sn/c1-13(10-12(13)14(2,3)4)11-8-6-5-7-9-11;3*1-3-4-2;/h5-10,12H,1-4H3;3*1,3-4H2,2H3;/t12-,13+;;;;/m1..../s1. The Morgan fingerprint density at radius 3 is 1.63 bits per heavy atom. The molecular weight excluding hydrogens is 447 g/mol. The van der Waals surface area contributed by atoms with Gasteiger partial charge in [-0.15, -0.1) is 0 Å². The predicted molar refractivity (Wildman–Crippen MR) is 130 cm³/mol. The Balaban J connectivity index is 2.49. The summed E-state index contributed by atoms with van der Waals surface area (Å²) >= 11 is -2.23. The van der Waals surface area contributed by atoms with Crippen molar-refractivity contribution >= 4 is 26.5 Å². The maximum atomic E-state index is 2.69. The van der Waals surface area contributed by atoms with Crippen LogP contribution in [-0.2, 0) is 5.41 Å². The van der Waals surface area contributed by atoms with E-state index >= 15 is 0 Å². The van der Waals surface area contributed by atoms with Gasteiger partial charge in [-0.05, 0) is 0 Å². The second kappa shape index (κ2) is 9.83. The van der Waals surface area contributed by atoms with Gasteiger partial charge in [0.15, 0.2) is 0 Å². The summed E-state index contributed by atoms with van der Waals surface area (Å²) in [5, 5.41) is 0. The zero-order valence-electron chi connectivity index (χ0n) is 19.4. The number of hydrogen-bond donors (Lipinski definition) is 0. The molecule has 0 N–H and O–H groups in total. The van der Waals surface area contributed by atoms with Crippen LogP contribution in [-0.4, -0.2) is 26.5 Å². The molecule has 1 fully saturated rings. The summed E-state index contributed by atoms with van der Waals surface area (Å²) in [4.78, 5) is 0. The predicted octanol–water partition coefficient (Wildman–Crippen LogP) is 8.89. The van der Waals surface area contributed by atoms with Crippen molar-refractivity contribution in [3.05, 3.63) is 35.9 Å². The van der Waals surface area contributed by atoms with E-state index in [1.807, 2.05) is 0 Å². The quantitative estimate of drug-likeness (QED) is 0.255. The summed E-state index contributed by atoms with van der Waals surface area (Å²) < 4.78 is 6.10.